The molecular formula is C12H11NO. The van der Waals surface area contributed by atoms with E-state index in [1.807, 2.05) is 12.1 Å². The van der Waals surface area contributed by atoms with Crippen LogP contribution in [-0.2, 0) is 17.6 Å². The number of carbonyl (C=O) groups excluding carboxylic acids is 1. The number of benzene rings is 1. The molecule has 2 heteroatoms. The fourth-order valence-electron chi connectivity index (χ4n) is 1.89. The Kier molecular flexibility index (Phi) is 2.24. The summed E-state index contributed by atoms with van der Waals surface area (Å²) in [5.41, 5.74) is 2.63. The molecule has 0 fully saturated rings. The molecule has 0 aliphatic heterocycles. The van der Waals surface area contributed by atoms with Gasteiger partial charge in [-0.2, -0.15) is 0 Å². The Labute approximate surface area is 83.3 Å². The van der Waals surface area contributed by atoms with Crippen molar-refractivity contribution in [3.63, 3.8) is 0 Å². The van der Waals surface area contributed by atoms with Gasteiger partial charge in [0.05, 0.1) is 0 Å². The largest absolute Gasteiger partial charge is 0.342 e. The van der Waals surface area contributed by atoms with E-state index in [1.54, 1.807) is 0 Å². The van der Waals surface area contributed by atoms with Crippen molar-refractivity contribution >= 4 is 5.91 Å². The maximum Gasteiger partial charge on any atom is 0.295 e. The molecule has 0 radical (unpaired) electrons. The molecule has 0 heterocycles. The molecule has 70 valence electrons. The van der Waals surface area contributed by atoms with Gasteiger partial charge in [0, 0.05) is 6.04 Å². The summed E-state index contributed by atoms with van der Waals surface area (Å²) < 4.78 is 0. The van der Waals surface area contributed by atoms with Gasteiger partial charge in [-0.3, -0.25) is 4.79 Å². The number of hydrogen-bond donors (Lipinski definition) is 1. The predicted octanol–water partition coefficient (Wildman–Crippen LogP) is 0.903. The van der Waals surface area contributed by atoms with Gasteiger partial charge in [0.25, 0.3) is 5.91 Å². The topological polar surface area (TPSA) is 29.1 Å². The van der Waals surface area contributed by atoms with E-state index in [4.69, 9.17) is 6.42 Å². The fraction of sp³-hybridized carbons (Fsp3) is 0.250. The van der Waals surface area contributed by atoms with E-state index in [-0.39, 0.29) is 11.9 Å². The highest BCUT2D eigenvalue weighted by atomic mass is 16.1. The molecule has 0 spiro atoms. The fourth-order valence-corrected chi connectivity index (χ4v) is 1.89. The minimum absolute atomic E-state index is 0.177. The van der Waals surface area contributed by atoms with Crippen LogP contribution >= 0.6 is 0 Å². The monoisotopic (exact) mass is 185 g/mol. The average molecular weight is 185 g/mol. The van der Waals surface area contributed by atoms with Crippen LogP contribution in [0.1, 0.15) is 11.1 Å². The molecule has 14 heavy (non-hydrogen) atoms. The van der Waals surface area contributed by atoms with Crippen LogP contribution in [0.3, 0.4) is 0 Å². The summed E-state index contributed by atoms with van der Waals surface area (Å²) >= 11 is 0. The Morgan fingerprint density at radius 3 is 2.43 bits per heavy atom. The van der Waals surface area contributed by atoms with Crippen molar-refractivity contribution in [1.29, 1.82) is 0 Å². The number of hydrogen-bond acceptors (Lipinski definition) is 1. The molecule has 2 nitrogen and oxygen atoms in total. The summed E-state index contributed by atoms with van der Waals surface area (Å²) in [5, 5.41) is 2.80. The summed E-state index contributed by atoms with van der Waals surface area (Å²) in [5.74, 6) is 1.75. The standard InChI is InChI=1S/C12H11NO/c1-2-12(14)13-11-7-9-5-3-4-6-10(9)8-11/h1,3-6,11H,7-8H2,(H,13,14). The molecule has 0 unspecified atom stereocenters. The minimum atomic E-state index is -0.317. The van der Waals surface area contributed by atoms with Gasteiger partial charge in [0.15, 0.2) is 0 Å². The van der Waals surface area contributed by atoms with E-state index in [9.17, 15) is 4.79 Å². The van der Waals surface area contributed by atoms with Crippen molar-refractivity contribution < 1.29 is 4.79 Å². The normalized spacial score (nSPS) is 14.5. The van der Waals surface area contributed by atoms with Gasteiger partial charge in [-0.25, -0.2) is 0 Å². The second-order valence-electron chi connectivity index (χ2n) is 3.49. The number of carbonyl (C=O) groups is 1. The first kappa shape index (κ1) is 8.83. The summed E-state index contributed by atoms with van der Waals surface area (Å²) in [4.78, 5) is 11.0. The third kappa shape index (κ3) is 1.62. The van der Waals surface area contributed by atoms with Crippen molar-refractivity contribution in [2.24, 2.45) is 0 Å². The lowest BCUT2D eigenvalue weighted by atomic mass is 10.1. The zero-order valence-electron chi connectivity index (χ0n) is 7.79. The Bertz CT molecular complexity index is 378. The molecule has 0 saturated carbocycles. The number of terminal acetylenes is 1. The Morgan fingerprint density at radius 1 is 1.36 bits per heavy atom. The van der Waals surface area contributed by atoms with Gasteiger partial charge in [-0.1, -0.05) is 24.3 Å². The van der Waals surface area contributed by atoms with Crippen LogP contribution in [-0.4, -0.2) is 11.9 Å². The highest BCUT2D eigenvalue weighted by molar-refractivity contribution is 5.93. The second-order valence-corrected chi connectivity index (χ2v) is 3.49. The molecule has 0 saturated heterocycles. The van der Waals surface area contributed by atoms with Crippen molar-refractivity contribution in [2.75, 3.05) is 0 Å². The van der Waals surface area contributed by atoms with E-state index in [0.29, 0.717) is 0 Å². The summed E-state index contributed by atoms with van der Waals surface area (Å²) in [6.45, 7) is 0. The van der Waals surface area contributed by atoms with Gasteiger partial charge in [-0.15, -0.1) is 6.42 Å². The zero-order chi connectivity index (χ0) is 9.97. The summed E-state index contributed by atoms with van der Waals surface area (Å²) in [7, 11) is 0. The quantitative estimate of drug-likeness (QED) is 0.647. The number of fused-ring (bicyclic) bond motifs is 1. The lowest BCUT2D eigenvalue weighted by Gasteiger charge is -2.07. The molecule has 1 amide bonds. The minimum Gasteiger partial charge on any atom is -0.342 e. The lowest BCUT2D eigenvalue weighted by molar-refractivity contribution is -0.116. The summed E-state index contributed by atoms with van der Waals surface area (Å²) in [6.07, 6.45) is 6.78. The average Bonchev–Trinajstić information content (AvgIpc) is 2.59. The molecule has 0 aromatic heterocycles. The maximum atomic E-state index is 11.0. The summed E-state index contributed by atoms with van der Waals surface area (Å²) in [6, 6.07) is 8.40. The van der Waals surface area contributed by atoms with Gasteiger partial charge >= 0.3 is 0 Å². The number of amides is 1. The molecule has 1 aliphatic carbocycles. The van der Waals surface area contributed by atoms with Crippen LogP contribution in [0.2, 0.25) is 0 Å². The molecule has 1 aliphatic rings. The molecule has 1 N–H and O–H groups in total. The molecular weight excluding hydrogens is 174 g/mol. The van der Waals surface area contributed by atoms with Gasteiger partial charge in [0.1, 0.15) is 0 Å². The SMILES string of the molecule is C#CC(=O)NC1Cc2ccccc2C1. The van der Waals surface area contributed by atoms with Crippen LogP contribution in [0.25, 0.3) is 0 Å². The van der Waals surface area contributed by atoms with Crippen LogP contribution in [0.5, 0.6) is 0 Å². The maximum absolute atomic E-state index is 11.0. The van der Waals surface area contributed by atoms with Crippen molar-refractivity contribution in [3.05, 3.63) is 35.4 Å². The van der Waals surface area contributed by atoms with Gasteiger partial charge in [-0.05, 0) is 29.9 Å². The number of rotatable bonds is 1. The van der Waals surface area contributed by atoms with Crippen molar-refractivity contribution in [2.45, 2.75) is 18.9 Å². The molecule has 1 aromatic rings. The Morgan fingerprint density at radius 2 is 1.93 bits per heavy atom. The van der Waals surface area contributed by atoms with E-state index in [1.165, 1.54) is 11.1 Å². The first-order chi connectivity index (χ1) is 6.79. The van der Waals surface area contributed by atoms with Crippen molar-refractivity contribution in [3.8, 4) is 12.3 Å². The van der Waals surface area contributed by atoms with E-state index < -0.39 is 0 Å². The van der Waals surface area contributed by atoms with Crippen LogP contribution in [0, 0.1) is 12.3 Å². The second kappa shape index (κ2) is 3.55. The molecule has 0 atom stereocenters. The third-order valence-electron chi connectivity index (χ3n) is 2.52. The Hall–Kier alpha value is -1.75. The van der Waals surface area contributed by atoms with E-state index >= 15 is 0 Å². The van der Waals surface area contributed by atoms with Gasteiger partial charge in [0.2, 0.25) is 0 Å². The van der Waals surface area contributed by atoms with Crippen LogP contribution in [0.4, 0.5) is 0 Å². The number of nitrogens with one attached hydrogen (secondary N) is 1. The highest BCUT2D eigenvalue weighted by Crippen LogP contribution is 2.21. The van der Waals surface area contributed by atoms with E-state index in [0.717, 1.165) is 12.8 Å². The lowest BCUT2D eigenvalue weighted by Crippen LogP contribution is -2.34. The molecule has 2 rings (SSSR count). The van der Waals surface area contributed by atoms with Crippen LogP contribution < -0.4 is 5.32 Å². The first-order valence-corrected chi connectivity index (χ1v) is 4.63. The van der Waals surface area contributed by atoms with Gasteiger partial charge < -0.3 is 5.32 Å². The van der Waals surface area contributed by atoms with Crippen LogP contribution in [0.15, 0.2) is 24.3 Å². The Balaban J connectivity index is 2.06. The first-order valence-electron chi connectivity index (χ1n) is 4.63. The predicted molar refractivity (Wildman–Crippen MR) is 54.6 cm³/mol. The molecule has 1 aromatic carbocycles. The highest BCUT2D eigenvalue weighted by Gasteiger charge is 2.21. The smallest absolute Gasteiger partial charge is 0.295 e. The third-order valence-corrected chi connectivity index (χ3v) is 2.52. The van der Waals surface area contributed by atoms with E-state index in [2.05, 4.69) is 23.4 Å². The van der Waals surface area contributed by atoms with Crippen molar-refractivity contribution in [1.82, 2.24) is 5.32 Å². The molecule has 0 bridgehead atoms. The zero-order valence-corrected chi connectivity index (χ0v) is 7.79.